The van der Waals surface area contributed by atoms with Crippen molar-refractivity contribution < 1.29 is 9.84 Å². The van der Waals surface area contributed by atoms with E-state index >= 15 is 0 Å². The molecule has 0 amide bonds. The zero-order valence-electron chi connectivity index (χ0n) is 10.8. The monoisotopic (exact) mass is 214 g/mol. The molecule has 0 aromatic carbocycles. The Balaban J connectivity index is 2.50. The topological polar surface area (TPSA) is 29.5 Å². The van der Waals surface area contributed by atoms with Crippen LogP contribution in [0.2, 0.25) is 0 Å². The molecule has 0 aromatic heterocycles. The van der Waals surface area contributed by atoms with Crippen molar-refractivity contribution in [3.05, 3.63) is 0 Å². The third kappa shape index (κ3) is 3.18. The molecule has 1 rings (SSSR count). The molecule has 2 heteroatoms. The summed E-state index contributed by atoms with van der Waals surface area (Å²) >= 11 is 0. The lowest BCUT2D eigenvalue weighted by atomic mass is 9.70. The Bertz CT molecular complexity index is 195. The lowest BCUT2D eigenvalue weighted by Gasteiger charge is -2.41. The van der Waals surface area contributed by atoms with Gasteiger partial charge in [0.05, 0.1) is 11.2 Å². The van der Waals surface area contributed by atoms with Gasteiger partial charge in [-0.05, 0) is 65.2 Å². The Morgan fingerprint density at radius 3 is 1.67 bits per heavy atom. The van der Waals surface area contributed by atoms with E-state index in [1.165, 1.54) is 12.8 Å². The highest BCUT2D eigenvalue weighted by atomic mass is 16.5. The molecule has 1 aliphatic rings. The first-order chi connectivity index (χ1) is 6.77. The first-order valence-corrected chi connectivity index (χ1v) is 6.05. The summed E-state index contributed by atoms with van der Waals surface area (Å²) in [5, 5.41) is 9.96. The van der Waals surface area contributed by atoms with Crippen LogP contribution in [0.5, 0.6) is 0 Å². The van der Waals surface area contributed by atoms with Crippen LogP contribution in [0.15, 0.2) is 0 Å². The molecule has 1 saturated carbocycles. The Labute approximate surface area is 94.0 Å². The first kappa shape index (κ1) is 13.0. The molecule has 0 radical (unpaired) electrons. The highest BCUT2D eigenvalue weighted by Crippen LogP contribution is 2.40. The molecule has 0 aromatic rings. The van der Waals surface area contributed by atoms with Gasteiger partial charge >= 0.3 is 0 Å². The van der Waals surface area contributed by atoms with E-state index in [-0.39, 0.29) is 5.60 Å². The molecule has 1 N–H and O–H groups in total. The molecule has 0 aliphatic heterocycles. The number of hydrogen-bond acceptors (Lipinski definition) is 2. The normalized spacial score (nSPS) is 29.2. The van der Waals surface area contributed by atoms with Gasteiger partial charge in [0.15, 0.2) is 0 Å². The van der Waals surface area contributed by atoms with Crippen LogP contribution < -0.4 is 0 Å². The van der Waals surface area contributed by atoms with Crippen molar-refractivity contribution in [2.75, 3.05) is 7.11 Å². The first-order valence-electron chi connectivity index (χ1n) is 6.05. The molecule has 1 fully saturated rings. The van der Waals surface area contributed by atoms with Gasteiger partial charge in [-0.2, -0.15) is 0 Å². The second kappa shape index (κ2) is 4.42. The van der Waals surface area contributed by atoms with Crippen molar-refractivity contribution in [2.45, 2.75) is 64.6 Å². The average Bonchev–Trinajstić information content (AvgIpc) is 2.17. The predicted molar refractivity (Wildman–Crippen MR) is 62.8 cm³/mol. The van der Waals surface area contributed by atoms with Crippen LogP contribution in [0, 0.1) is 11.8 Å². The van der Waals surface area contributed by atoms with E-state index in [0.29, 0.717) is 11.8 Å². The molecule has 2 nitrogen and oxygen atoms in total. The van der Waals surface area contributed by atoms with Crippen molar-refractivity contribution in [2.24, 2.45) is 11.8 Å². The van der Waals surface area contributed by atoms with Gasteiger partial charge in [-0.1, -0.05) is 0 Å². The third-order valence-electron chi connectivity index (χ3n) is 4.24. The fourth-order valence-electron chi connectivity index (χ4n) is 2.66. The minimum atomic E-state index is -0.512. The summed E-state index contributed by atoms with van der Waals surface area (Å²) in [4.78, 5) is 0. The lowest BCUT2D eigenvalue weighted by Crippen LogP contribution is -2.40. The van der Waals surface area contributed by atoms with E-state index < -0.39 is 5.60 Å². The van der Waals surface area contributed by atoms with Crippen LogP contribution >= 0.6 is 0 Å². The van der Waals surface area contributed by atoms with Crippen molar-refractivity contribution in [3.63, 3.8) is 0 Å². The number of rotatable bonds is 3. The van der Waals surface area contributed by atoms with Gasteiger partial charge in [0, 0.05) is 7.11 Å². The summed E-state index contributed by atoms with van der Waals surface area (Å²) in [6.07, 6.45) is 4.60. The van der Waals surface area contributed by atoms with Crippen LogP contribution in [0.4, 0.5) is 0 Å². The molecule has 0 spiro atoms. The molecule has 0 bridgehead atoms. The smallest absolute Gasteiger partial charge is 0.0650 e. The van der Waals surface area contributed by atoms with E-state index in [9.17, 15) is 5.11 Å². The van der Waals surface area contributed by atoms with E-state index in [2.05, 4.69) is 13.8 Å². The highest BCUT2D eigenvalue weighted by molar-refractivity contribution is 4.88. The van der Waals surface area contributed by atoms with Crippen molar-refractivity contribution >= 4 is 0 Å². The van der Waals surface area contributed by atoms with E-state index in [1.54, 1.807) is 7.11 Å². The number of methoxy groups -OCH3 is 1. The van der Waals surface area contributed by atoms with Crippen molar-refractivity contribution in [1.82, 2.24) is 0 Å². The fraction of sp³-hybridized carbons (Fsp3) is 1.00. The molecule has 0 saturated heterocycles. The SMILES string of the molecule is COC(C)(C)C1CCC(C(C)(C)O)CC1. The van der Waals surface area contributed by atoms with Crippen LogP contribution in [0.1, 0.15) is 53.4 Å². The number of aliphatic hydroxyl groups is 1. The quantitative estimate of drug-likeness (QED) is 0.782. The number of ether oxygens (including phenoxy) is 1. The van der Waals surface area contributed by atoms with Crippen molar-refractivity contribution in [1.29, 1.82) is 0 Å². The van der Waals surface area contributed by atoms with Crippen LogP contribution in [0.3, 0.4) is 0 Å². The van der Waals surface area contributed by atoms with Gasteiger partial charge in [0.1, 0.15) is 0 Å². The maximum atomic E-state index is 9.96. The van der Waals surface area contributed by atoms with Gasteiger partial charge in [0.2, 0.25) is 0 Å². The minimum absolute atomic E-state index is 0.00936. The minimum Gasteiger partial charge on any atom is -0.390 e. The average molecular weight is 214 g/mol. The van der Waals surface area contributed by atoms with Gasteiger partial charge in [-0.25, -0.2) is 0 Å². The van der Waals surface area contributed by atoms with Crippen LogP contribution in [-0.4, -0.2) is 23.4 Å². The summed E-state index contributed by atoms with van der Waals surface area (Å²) in [5.41, 5.74) is -0.521. The fourth-order valence-corrected chi connectivity index (χ4v) is 2.66. The van der Waals surface area contributed by atoms with E-state index in [0.717, 1.165) is 12.8 Å². The summed E-state index contributed by atoms with van der Waals surface area (Å²) < 4.78 is 5.54. The lowest BCUT2D eigenvalue weighted by molar-refractivity contribution is -0.0654. The summed E-state index contributed by atoms with van der Waals surface area (Å²) in [6.45, 7) is 8.20. The summed E-state index contributed by atoms with van der Waals surface area (Å²) in [7, 11) is 1.79. The Kier molecular flexibility index (Phi) is 3.83. The van der Waals surface area contributed by atoms with Crippen molar-refractivity contribution in [3.8, 4) is 0 Å². The molecular weight excluding hydrogens is 188 g/mol. The maximum Gasteiger partial charge on any atom is 0.0650 e. The van der Waals surface area contributed by atoms with Gasteiger partial charge < -0.3 is 9.84 Å². The molecule has 90 valence electrons. The Morgan fingerprint density at radius 1 is 0.933 bits per heavy atom. The molecule has 0 unspecified atom stereocenters. The summed E-state index contributed by atoms with van der Waals surface area (Å²) in [6, 6.07) is 0. The second-order valence-corrected chi connectivity index (χ2v) is 6.01. The maximum absolute atomic E-state index is 9.96. The highest BCUT2D eigenvalue weighted by Gasteiger charge is 2.37. The zero-order chi connectivity index (χ0) is 11.7. The number of hydrogen-bond donors (Lipinski definition) is 1. The Hall–Kier alpha value is -0.0800. The van der Waals surface area contributed by atoms with E-state index in [1.807, 2.05) is 13.8 Å². The molecule has 1 aliphatic carbocycles. The van der Waals surface area contributed by atoms with Gasteiger partial charge in [-0.3, -0.25) is 0 Å². The summed E-state index contributed by atoms with van der Waals surface area (Å²) in [5.74, 6) is 1.10. The Morgan fingerprint density at radius 2 is 1.33 bits per heavy atom. The molecule has 0 atom stereocenters. The largest absolute Gasteiger partial charge is 0.390 e. The van der Waals surface area contributed by atoms with Gasteiger partial charge in [-0.15, -0.1) is 0 Å². The second-order valence-electron chi connectivity index (χ2n) is 6.01. The standard InChI is InChI=1S/C13H26O2/c1-12(2,14)10-6-8-11(9-7-10)13(3,4)15-5/h10-11,14H,6-9H2,1-5H3. The molecule has 0 heterocycles. The van der Waals surface area contributed by atoms with Gasteiger partial charge in [0.25, 0.3) is 0 Å². The molecule has 15 heavy (non-hydrogen) atoms. The van der Waals surface area contributed by atoms with E-state index in [4.69, 9.17) is 4.74 Å². The predicted octanol–water partition coefficient (Wildman–Crippen LogP) is 2.99. The van der Waals surface area contributed by atoms with Crippen LogP contribution in [-0.2, 0) is 4.74 Å². The van der Waals surface area contributed by atoms with Crippen LogP contribution in [0.25, 0.3) is 0 Å². The third-order valence-corrected chi connectivity index (χ3v) is 4.24. The molecular formula is C13H26O2. The zero-order valence-corrected chi connectivity index (χ0v) is 10.8.